The fourth-order valence-electron chi connectivity index (χ4n) is 3.54. The molecule has 144 valence electrons. The van der Waals surface area contributed by atoms with Gasteiger partial charge in [-0.1, -0.05) is 97.1 Å². The molecule has 0 spiro atoms. The summed E-state index contributed by atoms with van der Waals surface area (Å²) in [4.78, 5) is 0. The fraction of sp³-hybridized carbons (Fsp3) is 0.0357. The Labute approximate surface area is 177 Å². The maximum absolute atomic E-state index is 10.1. The predicted molar refractivity (Wildman–Crippen MR) is 123 cm³/mol. The van der Waals surface area contributed by atoms with Gasteiger partial charge in [0, 0.05) is 5.57 Å². The van der Waals surface area contributed by atoms with Crippen LogP contribution in [0.3, 0.4) is 0 Å². The molecule has 0 fully saturated rings. The van der Waals surface area contributed by atoms with Crippen LogP contribution in [0.25, 0.3) is 22.3 Å². The van der Waals surface area contributed by atoms with Gasteiger partial charge in [-0.05, 0) is 39.9 Å². The van der Waals surface area contributed by atoms with Crippen molar-refractivity contribution in [3.63, 3.8) is 0 Å². The summed E-state index contributed by atoms with van der Waals surface area (Å²) < 4.78 is 5.24. The molecular formula is C28H21NO. The maximum Gasteiger partial charge on any atom is 0.118 e. The Morgan fingerprint density at radius 1 is 0.600 bits per heavy atom. The Bertz CT molecular complexity index is 1140. The molecule has 0 unspecified atom stereocenters. The van der Waals surface area contributed by atoms with E-state index in [0.717, 1.165) is 39.1 Å². The van der Waals surface area contributed by atoms with Crippen molar-refractivity contribution in [3.05, 3.63) is 126 Å². The van der Waals surface area contributed by atoms with E-state index in [9.17, 15) is 5.26 Å². The monoisotopic (exact) mass is 387 g/mol. The summed E-state index contributed by atoms with van der Waals surface area (Å²) >= 11 is 0. The van der Waals surface area contributed by atoms with Crippen LogP contribution in [-0.2, 0) is 0 Å². The lowest BCUT2D eigenvalue weighted by Crippen LogP contribution is -1.94. The predicted octanol–water partition coefficient (Wildman–Crippen LogP) is 6.84. The summed E-state index contributed by atoms with van der Waals surface area (Å²) in [6.45, 7) is 0. The summed E-state index contributed by atoms with van der Waals surface area (Å²) in [6, 6.07) is 38.7. The zero-order valence-corrected chi connectivity index (χ0v) is 16.7. The summed E-state index contributed by atoms with van der Waals surface area (Å²) in [5, 5.41) is 10.1. The highest BCUT2D eigenvalue weighted by atomic mass is 16.5. The van der Waals surface area contributed by atoms with Gasteiger partial charge in [0.25, 0.3) is 0 Å². The van der Waals surface area contributed by atoms with Gasteiger partial charge in [0.05, 0.1) is 12.7 Å². The number of benzene rings is 4. The second-order valence-electron chi connectivity index (χ2n) is 6.90. The summed E-state index contributed by atoms with van der Waals surface area (Å²) in [5.41, 5.74) is 6.76. The van der Waals surface area contributed by atoms with E-state index in [-0.39, 0.29) is 0 Å². The van der Waals surface area contributed by atoms with Crippen LogP contribution in [0.4, 0.5) is 0 Å². The first-order valence-corrected chi connectivity index (χ1v) is 9.80. The summed E-state index contributed by atoms with van der Waals surface area (Å²) in [7, 11) is 1.66. The molecule has 0 heterocycles. The van der Waals surface area contributed by atoms with Crippen molar-refractivity contribution in [3.8, 4) is 22.9 Å². The number of hydrogen-bond acceptors (Lipinski definition) is 2. The van der Waals surface area contributed by atoms with Crippen molar-refractivity contribution in [2.45, 2.75) is 0 Å². The van der Waals surface area contributed by atoms with Crippen LogP contribution in [0.2, 0.25) is 0 Å². The minimum Gasteiger partial charge on any atom is -0.497 e. The van der Waals surface area contributed by atoms with E-state index >= 15 is 0 Å². The first-order chi connectivity index (χ1) is 14.8. The van der Waals surface area contributed by atoms with Gasteiger partial charge in [-0.15, -0.1) is 0 Å². The zero-order chi connectivity index (χ0) is 20.8. The van der Waals surface area contributed by atoms with Crippen LogP contribution in [0.1, 0.15) is 16.7 Å². The number of nitrogens with zero attached hydrogens (tertiary/aromatic N) is 1. The molecule has 0 aromatic heterocycles. The third-order valence-electron chi connectivity index (χ3n) is 5.08. The molecule has 0 aliphatic carbocycles. The molecular weight excluding hydrogens is 366 g/mol. The van der Waals surface area contributed by atoms with Gasteiger partial charge < -0.3 is 4.74 Å². The van der Waals surface area contributed by atoms with Crippen LogP contribution >= 0.6 is 0 Å². The van der Waals surface area contributed by atoms with E-state index in [1.54, 1.807) is 7.11 Å². The summed E-state index contributed by atoms with van der Waals surface area (Å²) in [6.07, 6.45) is 0. The molecule has 0 aliphatic rings. The van der Waals surface area contributed by atoms with Crippen LogP contribution in [0.15, 0.2) is 109 Å². The van der Waals surface area contributed by atoms with Gasteiger partial charge in [0.1, 0.15) is 11.8 Å². The fourth-order valence-corrected chi connectivity index (χ4v) is 3.54. The van der Waals surface area contributed by atoms with Crippen LogP contribution in [0.5, 0.6) is 5.75 Å². The lowest BCUT2D eigenvalue weighted by molar-refractivity contribution is 0.415. The van der Waals surface area contributed by atoms with E-state index in [0.29, 0.717) is 5.57 Å². The number of nitriles is 1. The molecule has 0 saturated heterocycles. The second kappa shape index (κ2) is 8.94. The first kappa shape index (κ1) is 19.2. The van der Waals surface area contributed by atoms with Crippen molar-refractivity contribution in [2.24, 2.45) is 0 Å². The van der Waals surface area contributed by atoms with Gasteiger partial charge in [-0.2, -0.15) is 5.26 Å². The second-order valence-corrected chi connectivity index (χ2v) is 6.90. The molecule has 0 atom stereocenters. The molecule has 2 nitrogen and oxygen atoms in total. The van der Waals surface area contributed by atoms with Crippen molar-refractivity contribution in [1.82, 2.24) is 0 Å². The smallest absolute Gasteiger partial charge is 0.118 e. The van der Waals surface area contributed by atoms with Crippen molar-refractivity contribution >= 4 is 11.1 Å². The van der Waals surface area contributed by atoms with Gasteiger partial charge in [-0.25, -0.2) is 0 Å². The Kier molecular flexibility index (Phi) is 5.73. The number of hydrogen-bond donors (Lipinski definition) is 0. The minimum atomic E-state index is 0.661. The van der Waals surface area contributed by atoms with Crippen LogP contribution in [0, 0.1) is 11.3 Å². The third kappa shape index (κ3) is 4.01. The molecule has 0 aliphatic heterocycles. The highest BCUT2D eigenvalue weighted by molar-refractivity contribution is 6.03. The molecule has 30 heavy (non-hydrogen) atoms. The quantitative estimate of drug-likeness (QED) is 0.277. The highest BCUT2D eigenvalue weighted by Crippen LogP contribution is 2.33. The highest BCUT2D eigenvalue weighted by Gasteiger charge is 2.14. The largest absolute Gasteiger partial charge is 0.497 e. The SMILES string of the molecule is COc1ccc(-c2ccc(C(C#N)=C(c3ccccc3)c3ccccc3)cc2)cc1. The molecule has 0 bridgehead atoms. The van der Waals surface area contributed by atoms with Crippen molar-refractivity contribution in [1.29, 1.82) is 5.26 Å². The van der Waals surface area contributed by atoms with Crippen molar-refractivity contribution < 1.29 is 4.74 Å². The standard InChI is InChI=1S/C28H21NO/c1-30-26-18-16-22(17-19-26)21-12-14-23(15-13-21)27(20-29)28(24-8-4-2-5-9-24)25-10-6-3-7-11-25/h2-19H,1H3. The summed E-state index contributed by atoms with van der Waals surface area (Å²) in [5.74, 6) is 0.834. The molecule has 2 heteroatoms. The average molecular weight is 387 g/mol. The van der Waals surface area contributed by atoms with Gasteiger partial charge >= 0.3 is 0 Å². The molecule has 0 N–H and O–H groups in total. The van der Waals surface area contributed by atoms with Gasteiger partial charge in [-0.3, -0.25) is 0 Å². The molecule has 4 aromatic rings. The molecule has 4 rings (SSSR count). The Hall–Kier alpha value is -4.09. The Balaban J connectivity index is 1.80. The average Bonchev–Trinajstić information content (AvgIpc) is 2.84. The minimum absolute atomic E-state index is 0.661. The van der Waals surface area contributed by atoms with E-state index in [1.807, 2.05) is 97.1 Å². The Morgan fingerprint density at radius 3 is 1.50 bits per heavy atom. The number of methoxy groups -OCH3 is 1. The number of allylic oxidation sites excluding steroid dienone is 1. The number of rotatable bonds is 5. The molecule has 0 amide bonds. The van der Waals surface area contributed by atoms with E-state index in [4.69, 9.17) is 4.74 Å². The lowest BCUT2D eigenvalue weighted by atomic mass is 9.89. The first-order valence-electron chi connectivity index (χ1n) is 9.80. The zero-order valence-electron chi connectivity index (χ0n) is 16.7. The molecule has 0 saturated carbocycles. The normalized spacial score (nSPS) is 10.1. The Morgan fingerprint density at radius 2 is 1.07 bits per heavy atom. The lowest BCUT2D eigenvalue weighted by Gasteiger charge is -2.13. The van der Waals surface area contributed by atoms with Gasteiger partial charge in [0.2, 0.25) is 0 Å². The van der Waals surface area contributed by atoms with E-state index in [2.05, 4.69) is 18.2 Å². The van der Waals surface area contributed by atoms with Gasteiger partial charge in [0.15, 0.2) is 0 Å². The van der Waals surface area contributed by atoms with E-state index < -0.39 is 0 Å². The van der Waals surface area contributed by atoms with Crippen molar-refractivity contribution in [2.75, 3.05) is 7.11 Å². The van der Waals surface area contributed by atoms with E-state index in [1.165, 1.54) is 0 Å². The topological polar surface area (TPSA) is 33.0 Å². The van der Waals surface area contributed by atoms with Crippen LogP contribution in [-0.4, -0.2) is 7.11 Å². The van der Waals surface area contributed by atoms with Crippen LogP contribution < -0.4 is 4.74 Å². The molecule has 0 radical (unpaired) electrons. The number of ether oxygens (including phenoxy) is 1. The maximum atomic E-state index is 10.1. The molecule has 4 aromatic carbocycles. The third-order valence-corrected chi connectivity index (χ3v) is 5.08.